The van der Waals surface area contributed by atoms with Crippen molar-refractivity contribution in [1.82, 2.24) is 4.98 Å². The van der Waals surface area contributed by atoms with Crippen molar-refractivity contribution in [3.63, 3.8) is 0 Å². The molecule has 0 unspecified atom stereocenters. The van der Waals surface area contributed by atoms with Gasteiger partial charge in [-0.15, -0.1) is 11.8 Å². The molecule has 0 aliphatic rings. The fourth-order valence-electron chi connectivity index (χ4n) is 2.17. The van der Waals surface area contributed by atoms with Crippen LogP contribution in [0.3, 0.4) is 0 Å². The molecule has 0 aliphatic carbocycles. The number of pyridine rings is 1. The highest BCUT2D eigenvalue weighted by molar-refractivity contribution is 7.98. The third kappa shape index (κ3) is 3.31. The Balaban J connectivity index is 1.72. The van der Waals surface area contributed by atoms with Crippen LogP contribution in [-0.4, -0.2) is 10.8 Å². The molecule has 3 heteroatoms. The molecule has 0 radical (unpaired) electrons. The number of ketones is 1. The van der Waals surface area contributed by atoms with Gasteiger partial charge in [0.2, 0.25) is 0 Å². The number of hydrogen-bond acceptors (Lipinski definition) is 3. The number of rotatable bonds is 4. The molecule has 1 aromatic heterocycles. The summed E-state index contributed by atoms with van der Waals surface area (Å²) in [7, 11) is 0. The number of fused-ring (bicyclic) bond motifs is 1. The molecule has 1 heterocycles. The zero-order chi connectivity index (χ0) is 14.7. The maximum atomic E-state index is 11.2. The lowest BCUT2D eigenvalue weighted by Crippen LogP contribution is -1.90. The minimum Gasteiger partial charge on any atom is -0.295 e. The SMILES string of the molecule is CC(=O)c1ccc(SCc2ccc3ncccc3c2)cc1. The maximum absolute atomic E-state index is 11.2. The van der Waals surface area contributed by atoms with Crippen LogP contribution >= 0.6 is 11.8 Å². The average molecular weight is 293 g/mol. The molecule has 0 saturated heterocycles. The van der Waals surface area contributed by atoms with Crippen LogP contribution in [0.5, 0.6) is 0 Å². The Morgan fingerprint density at radius 2 is 1.90 bits per heavy atom. The molecular weight excluding hydrogens is 278 g/mol. The minimum absolute atomic E-state index is 0.105. The largest absolute Gasteiger partial charge is 0.295 e. The van der Waals surface area contributed by atoms with Gasteiger partial charge < -0.3 is 0 Å². The topological polar surface area (TPSA) is 30.0 Å². The third-order valence-electron chi connectivity index (χ3n) is 3.33. The molecule has 0 atom stereocenters. The highest BCUT2D eigenvalue weighted by atomic mass is 32.2. The maximum Gasteiger partial charge on any atom is 0.159 e. The van der Waals surface area contributed by atoms with Crippen LogP contribution in [0.4, 0.5) is 0 Å². The van der Waals surface area contributed by atoms with E-state index in [4.69, 9.17) is 0 Å². The molecule has 104 valence electrons. The summed E-state index contributed by atoms with van der Waals surface area (Å²) >= 11 is 1.77. The zero-order valence-electron chi connectivity index (χ0n) is 11.7. The highest BCUT2D eigenvalue weighted by Crippen LogP contribution is 2.24. The number of hydrogen-bond donors (Lipinski definition) is 0. The van der Waals surface area contributed by atoms with E-state index in [1.807, 2.05) is 36.5 Å². The summed E-state index contributed by atoms with van der Waals surface area (Å²) < 4.78 is 0. The minimum atomic E-state index is 0.105. The summed E-state index contributed by atoms with van der Waals surface area (Å²) in [5.41, 5.74) is 3.06. The molecule has 0 saturated carbocycles. The molecule has 0 N–H and O–H groups in total. The monoisotopic (exact) mass is 293 g/mol. The van der Waals surface area contributed by atoms with Gasteiger partial charge in [0.05, 0.1) is 5.52 Å². The van der Waals surface area contributed by atoms with Crippen molar-refractivity contribution in [3.05, 3.63) is 71.9 Å². The van der Waals surface area contributed by atoms with E-state index in [0.717, 1.165) is 16.8 Å². The van der Waals surface area contributed by atoms with E-state index in [1.54, 1.807) is 18.7 Å². The van der Waals surface area contributed by atoms with E-state index >= 15 is 0 Å². The number of benzene rings is 2. The van der Waals surface area contributed by atoms with Crippen LogP contribution in [-0.2, 0) is 5.75 Å². The lowest BCUT2D eigenvalue weighted by Gasteiger charge is -2.04. The van der Waals surface area contributed by atoms with Gasteiger partial charge >= 0.3 is 0 Å². The molecule has 21 heavy (non-hydrogen) atoms. The summed E-state index contributed by atoms with van der Waals surface area (Å²) in [6.45, 7) is 1.59. The highest BCUT2D eigenvalue weighted by Gasteiger charge is 2.01. The van der Waals surface area contributed by atoms with E-state index < -0.39 is 0 Å². The van der Waals surface area contributed by atoms with E-state index in [1.165, 1.54) is 15.8 Å². The second-order valence-electron chi connectivity index (χ2n) is 4.90. The van der Waals surface area contributed by atoms with Crippen molar-refractivity contribution < 1.29 is 4.79 Å². The Bertz CT molecular complexity index is 781. The second-order valence-corrected chi connectivity index (χ2v) is 5.95. The number of carbonyl (C=O) groups excluding carboxylic acids is 1. The molecule has 3 rings (SSSR count). The smallest absolute Gasteiger partial charge is 0.159 e. The first-order valence-corrected chi connectivity index (χ1v) is 7.78. The van der Waals surface area contributed by atoms with Gasteiger partial charge in [0.1, 0.15) is 0 Å². The first kappa shape index (κ1) is 13.8. The van der Waals surface area contributed by atoms with Crippen LogP contribution in [0.2, 0.25) is 0 Å². The predicted octanol–water partition coefficient (Wildman–Crippen LogP) is 4.73. The normalized spacial score (nSPS) is 10.7. The van der Waals surface area contributed by atoms with E-state index in [2.05, 4.69) is 29.2 Å². The number of carbonyl (C=O) groups is 1. The number of nitrogens with zero attached hydrogens (tertiary/aromatic N) is 1. The average Bonchev–Trinajstić information content (AvgIpc) is 2.53. The molecule has 0 aliphatic heterocycles. The van der Waals surface area contributed by atoms with Gasteiger partial charge in [0.25, 0.3) is 0 Å². The number of thioether (sulfide) groups is 1. The Kier molecular flexibility index (Phi) is 4.02. The Morgan fingerprint density at radius 3 is 2.67 bits per heavy atom. The molecule has 2 nitrogen and oxygen atoms in total. The van der Waals surface area contributed by atoms with Gasteiger partial charge in [-0.2, -0.15) is 0 Å². The van der Waals surface area contributed by atoms with Crippen LogP contribution in [0.15, 0.2) is 65.7 Å². The predicted molar refractivity (Wildman–Crippen MR) is 87.8 cm³/mol. The lowest BCUT2D eigenvalue weighted by molar-refractivity contribution is 0.101. The van der Waals surface area contributed by atoms with Crippen molar-refractivity contribution in [3.8, 4) is 0 Å². The van der Waals surface area contributed by atoms with Gasteiger partial charge in [0.15, 0.2) is 5.78 Å². The van der Waals surface area contributed by atoms with Crippen molar-refractivity contribution in [2.45, 2.75) is 17.6 Å². The van der Waals surface area contributed by atoms with Gasteiger partial charge in [-0.3, -0.25) is 9.78 Å². The Labute approximate surface area is 128 Å². The van der Waals surface area contributed by atoms with Gasteiger partial charge in [-0.1, -0.05) is 24.3 Å². The van der Waals surface area contributed by atoms with E-state index in [0.29, 0.717) is 0 Å². The zero-order valence-corrected chi connectivity index (χ0v) is 12.6. The lowest BCUT2D eigenvalue weighted by atomic mass is 10.1. The quantitative estimate of drug-likeness (QED) is 0.514. The van der Waals surface area contributed by atoms with E-state index in [9.17, 15) is 4.79 Å². The van der Waals surface area contributed by atoms with Crippen molar-refractivity contribution in [1.29, 1.82) is 0 Å². The molecule has 0 fully saturated rings. The number of aromatic nitrogens is 1. The van der Waals surface area contributed by atoms with E-state index in [-0.39, 0.29) is 5.78 Å². The summed E-state index contributed by atoms with van der Waals surface area (Å²) in [6, 6.07) is 18.2. The standard InChI is InChI=1S/C18H15NOS/c1-13(20)15-5-7-17(8-6-15)21-12-14-4-9-18-16(11-14)3-2-10-19-18/h2-11H,12H2,1H3. The molecule has 0 amide bonds. The summed E-state index contributed by atoms with van der Waals surface area (Å²) in [4.78, 5) is 16.7. The van der Waals surface area contributed by atoms with Crippen molar-refractivity contribution in [2.75, 3.05) is 0 Å². The fourth-order valence-corrected chi connectivity index (χ4v) is 3.01. The Morgan fingerprint density at radius 1 is 1.10 bits per heavy atom. The van der Waals surface area contributed by atoms with Crippen LogP contribution in [0.1, 0.15) is 22.8 Å². The summed E-state index contributed by atoms with van der Waals surface area (Å²) in [5.74, 6) is 1.01. The van der Waals surface area contributed by atoms with Gasteiger partial charge in [-0.05, 0) is 42.8 Å². The van der Waals surface area contributed by atoms with Crippen LogP contribution < -0.4 is 0 Å². The van der Waals surface area contributed by atoms with Crippen LogP contribution in [0.25, 0.3) is 10.9 Å². The summed E-state index contributed by atoms with van der Waals surface area (Å²) in [5, 5.41) is 1.17. The second kappa shape index (κ2) is 6.10. The molecular formula is C18H15NOS. The molecule has 0 bridgehead atoms. The summed E-state index contributed by atoms with van der Waals surface area (Å²) in [6.07, 6.45) is 1.81. The third-order valence-corrected chi connectivity index (χ3v) is 4.42. The van der Waals surface area contributed by atoms with Crippen molar-refractivity contribution >= 4 is 28.4 Å². The van der Waals surface area contributed by atoms with Gasteiger partial charge in [0, 0.05) is 27.8 Å². The molecule has 3 aromatic rings. The Hall–Kier alpha value is -2.13. The molecule has 2 aromatic carbocycles. The first-order valence-electron chi connectivity index (χ1n) is 6.80. The van der Waals surface area contributed by atoms with Crippen molar-refractivity contribution in [2.24, 2.45) is 0 Å². The number of Topliss-reactive ketones (excluding diaryl/α,β-unsaturated/α-hetero) is 1. The first-order chi connectivity index (χ1) is 10.2. The van der Waals surface area contributed by atoms with Crippen LogP contribution in [0, 0.1) is 0 Å². The fraction of sp³-hybridized carbons (Fsp3) is 0.111. The molecule has 0 spiro atoms. The van der Waals surface area contributed by atoms with Gasteiger partial charge in [-0.25, -0.2) is 0 Å².